The van der Waals surface area contributed by atoms with E-state index in [2.05, 4.69) is 10.2 Å². The number of benzene rings is 2. The summed E-state index contributed by atoms with van der Waals surface area (Å²) in [5.74, 6) is 0.943. The highest BCUT2D eigenvalue weighted by Gasteiger charge is 2.12. The van der Waals surface area contributed by atoms with Gasteiger partial charge in [-0.05, 0) is 30.3 Å². The van der Waals surface area contributed by atoms with Crippen LogP contribution in [0.4, 0.5) is 5.69 Å². The van der Waals surface area contributed by atoms with Crippen LogP contribution in [0.3, 0.4) is 0 Å². The van der Waals surface area contributed by atoms with Gasteiger partial charge in [-0.1, -0.05) is 0 Å². The first kappa shape index (κ1) is 16.5. The summed E-state index contributed by atoms with van der Waals surface area (Å²) in [6.45, 7) is 0.0164. The molecule has 27 heavy (non-hydrogen) atoms. The van der Waals surface area contributed by atoms with Crippen molar-refractivity contribution in [3.05, 3.63) is 81.0 Å². The van der Waals surface area contributed by atoms with Gasteiger partial charge in [0.2, 0.25) is 5.89 Å². The van der Waals surface area contributed by atoms with Crippen molar-refractivity contribution < 1.29 is 18.5 Å². The van der Waals surface area contributed by atoms with Gasteiger partial charge in [0.25, 0.3) is 11.6 Å². The van der Waals surface area contributed by atoms with Crippen LogP contribution in [0.1, 0.15) is 5.89 Å². The largest absolute Gasteiger partial charge is 0.484 e. The van der Waals surface area contributed by atoms with Crippen molar-refractivity contribution in [3.63, 3.8) is 0 Å². The first-order valence-electron chi connectivity index (χ1n) is 7.82. The molecule has 9 heteroatoms. The summed E-state index contributed by atoms with van der Waals surface area (Å²) in [6, 6.07) is 13.9. The smallest absolute Gasteiger partial charge is 0.336 e. The molecular formula is C18H11N3O6. The van der Waals surface area contributed by atoms with E-state index in [0.717, 1.165) is 5.39 Å². The van der Waals surface area contributed by atoms with Gasteiger partial charge in [-0.25, -0.2) is 4.79 Å². The van der Waals surface area contributed by atoms with E-state index < -0.39 is 10.5 Å². The number of non-ortho nitro benzene ring substituents is 1. The standard InChI is InChI=1S/C18H11N3O6/c22-17-8-4-11-3-7-14(9-15(11)26-17)25-10-16-19-20-18(27-16)12-1-5-13(6-2-12)21(23)24/h1-9H,10H2. The summed E-state index contributed by atoms with van der Waals surface area (Å²) in [5.41, 5.74) is 0.512. The van der Waals surface area contributed by atoms with Crippen molar-refractivity contribution >= 4 is 16.7 Å². The second-order valence-electron chi connectivity index (χ2n) is 5.55. The summed E-state index contributed by atoms with van der Waals surface area (Å²) in [5, 5.41) is 19.3. The second-order valence-corrected chi connectivity index (χ2v) is 5.55. The number of hydrogen-bond acceptors (Lipinski definition) is 8. The van der Waals surface area contributed by atoms with Gasteiger partial charge in [0.15, 0.2) is 6.61 Å². The molecule has 0 spiro atoms. The third-order valence-corrected chi connectivity index (χ3v) is 3.75. The molecule has 0 N–H and O–H groups in total. The van der Waals surface area contributed by atoms with E-state index in [1.165, 1.54) is 30.3 Å². The first-order chi connectivity index (χ1) is 13.1. The molecule has 4 rings (SSSR count). The van der Waals surface area contributed by atoms with E-state index >= 15 is 0 Å². The average Bonchev–Trinajstić information content (AvgIpc) is 3.15. The Labute approximate surface area is 151 Å². The SMILES string of the molecule is O=c1ccc2ccc(OCc3nnc(-c4ccc([N+](=O)[O-])cc4)o3)cc2o1. The molecule has 2 aromatic carbocycles. The predicted molar refractivity (Wildman–Crippen MR) is 93.2 cm³/mol. The molecule has 0 fully saturated rings. The second kappa shape index (κ2) is 6.71. The number of fused-ring (bicyclic) bond motifs is 1. The van der Waals surface area contributed by atoms with E-state index in [9.17, 15) is 14.9 Å². The van der Waals surface area contributed by atoms with Crippen LogP contribution in [0.5, 0.6) is 5.75 Å². The maximum absolute atomic E-state index is 11.3. The van der Waals surface area contributed by atoms with Crippen molar-refractivity contribution in [3.8, 4) is 17.2 Å². The fraction of sp³-hybridized carbons (Fsp3) is 0.0556. The molecule has 0 bridgehead atoms. The van der Waals surface area contributed by atoms with Crippen LogP contribution in [0.2, 0.25) is 0 Å². The average molecular weight is 365 g/mol. The molecule has 0 aliphatic carbocycles. The van der Waals surface area contributed by atoms with E-state index in [4.69, 9.17) is 13.6 Å². The topological polar surface area (TPSA) is 122 Å². The summed E-state index contributed by atoms with van der Waals surface area (Å²) in [6.07, 6.45) is 0. The normalized spacial score (nSPS) is 10.8. The summed E-state index contributed by atoms with van der Waals surface area (Å²) in [4.78, 5) is 21.5. The van der Waals surface area contributed by atoms with E-state index in [0.29, 0.717) is 16.9 Å². The fourth-order valence-electron chi connectivity index (χ4n) is 2.43. The number of nitro groups is 1. The van der Waals surface area contributed by atoms with Crippen molar-refractivity contribution in [2.75, 3.05) is 0 Å². The van der Waals surface area contributed by atoms with E-state index in [-0.39, 0.29) is 24.1 Å². The van der Waals surface area contributed by atoms with Gasteiger partial charge in [-0.3, -0.25) is 10.1 Å². The van der Waals surface area contributed by atoms with Gasteiger partial charge in [0, 0.05) is 35.2 Å². The highest BCUT2D eigenvalue weighted by Crippen LogP contribution is 2.23. The number of ether oxygens (including phenoxy) is 1. The molecule has 9 nitrogen and oxygen atoms in total. The van der Waals surface area contributed by atoms with Gasteiger partial charge in [-0.2, -0.15) is 0 Å². The van der Waals surface area contributed by atoms with Crippen LogP contribution in [0, 0.1) is 10.1 Å². The minimum Gasteiger partial charge on any atom is -0.484 e. The third-order valence-electron chi connectivity index (χ3n) is 3.75. The lowest BCUT2D eigenvalue weighted by molar-refractivity contribution is -0.384. The Morgan fingerprint density at radius 1 is 1.00 bits per heavy atom. The fourth-order valence-corrected chi connectivity index (χ4v) is 2.43. The number of hydrogen-bond donors (Lipinski definition) is 0. The number of aromatic nitrogens is 2. The Hall–Kier alpha value is -4.01. The zero-order valence-electron chi connectivity index (χ0n) is 13.7. The van der Waals surface area contributed by atoms with Crippen LogP contribution in [0.25, 0.3) is 22.4 Å². The molecule has 0 aliphatic rings. The van der Waals surface area contributed by atoms with Crippen LogP contribution in [-0.2, 0) is 6.61 Å². The lowest BCUT2D eigenvalue weighted by Crippen LogP contribution is -1.97. The molecule has 2 heterocycles. The molecule has 4 aromatic rings. The molecule has 0 saturated carbocycles. The summed E-state index contributed by atoms with van der Waals surface area (Å²) in [7, 11) is 0. The molecule has 0 saturated heterocycles. The molecule has 134 valence electrons. The highest BCUT2D eigenvalue weighted by molar-refractivity contribution is 5.77. The van der Waals surface area contributed by atoms with E-state index in [1.807, 2.05) is 0 Å². The van der Waals surface area contributed by atoms with Crippen molar-refractivity contribution in [1.82, 2.24) is 10.2 Å². The Morgan fingerprint density at radius 2 is 1.78 bits per heavy atom. The van der Waals surface area contributed by atoms with Crippen molar-refractivity contribution in [1.29, 1.82) is 0 Å². The van der Waals surface area contributed by atoms with Crippen LogP contribution in [0.15, 0.2) is 68.2 Å². The molecule has 0 radical (unpaired) electrons. The molecule has 0 amide bonds. The zero-order chi connectivity index (χ0) is 18.8. The Morgan fingerprint density at radius 3 is 2.56 bits per heavy atom. The highest BCUT2D eigenvalue weighted by atomic mass is 16.6. The number of rotatable bonds is 5. The molecule has 0 aliphatic heterocycles. The van der Waals surface area contributed by atoms with Crippen LogP contribution < -0.4 is 10.4 Å². The lowest BCUT2D eigenvalue weighted by Gasteiger charge is -2.04. The predicted octanol–water partition coefficient (Wildman–Crippen LogP) is 3.33. The number of nitro benzene ring substituents is 1. The van der Waals surface area contributed by atoms with Gasteiger partial charge >= 0.3 is 5.63 Å². The van der Waals surface area contributed by atoms with E-state index in [1.54, 1.807) is 24.3 Å². The monoisotopic (exact) mass is 365 g/mol. The number of nitrogens with zero attached hydrogens (tertiary/aromatic N) is 3. The Bertz CT molecular complexity index is 1180. The van der Waals surface area contributed by atoms with Crippen molar-refractivity contribution in [2.45, 2.75) is 6.61 Å². The van der Waals surface area contributed by atoms with Gasteiger partial charge < -0.3 is 13.6 Å². The van der Waals surface area contributed by atoms with Gasteiger partial charge in [0.05, 0.1) is 4.92 Å². The Balaban J connectivity index is 1.48. The van der Waals surface area contributed by atoms with Crippen LogP contribution in [-0.4, -0.2) is 15.1 Å². The maximum Gasteiger partial charge on any atom is 0.336 e. The van der Waals surface area contributed by atoms with Gasteiger partial charge in [0.1, 0.15) is 11.3 Å². The molecule has 0 atom stereocenters. The Kier molecular flexibility index (Phi) is 4.09. The quantitative estimate of drug-likeness (QED) is 0.300. The zero-order valence-corrected chi connectivity index (χ0v) is 13.7. The first-order valence-corrected chi connectivity index (χ1v) is 7.82. The van der Waals surface area contributed by atoms with Crippen molar-refractivity contribution in [2.24, 2.45) is 0 Å². The van der Waals surface area contributed by atoms with Gasteiger partial charge in [-0.15, -0.1) is 10.2 Å². The molecule has 2 aromatic heterocycles. The lowest BCUT2D eigenvalue weighted by atomic mass is 10.2. The minimum absolute atomic E-state index is 0.0164. The molecule has 0 unspecified atom stereocenters. The maximum atomic E-state index is 11.3. The van der Waals surface area contributed by atoms with Crippen LogP contribution >= 0.6 is 0 Å². The summed E-state index contributed by atoms with van der Waals surface area (Å²) < 4.78 is 16.2. The third kappa shape index (κ3) is 3.52. The minimum atomic E-state index is -0.484. The molecular weight excluding hydrogens is 354 g/mol. The summed E-state index contributed by atoms with van der Waals surface area (Å²) >= 11 is 0.